The number of fused-ring (bicyclic) bond motifs is 4. The van der Waals surface area contributed by atoms with E-state index in [9.17, 15) is 19.8 Å². The second-order valence-corrected chi connectivity index (χ2v) is 7.84. The molecule has 0 aromatic heterocycles. The molecule has 0 fully saturated rings. The van der Waals surface area contributed by atoms with E-state index in [2.05, 4.69) is 0 Å². The van der Waals surface area contributed by atoms with E-state index in [-0.39, 0.29) is 64.0 Å². The van der Waals surface area contributed by atoms with Gasteiger partial charge in [0.2, 0.25) is 0 Å². The maximum Gasteiger partial charge on any atom is 0.335 e. The van der Waals surface area contributed by atoms with Crippen LogP contribution in [0.15, 0.2) is 36.4 Å². The third-order valence-electron chi connectivity index (χ3n) is 4.98. The number of benzene rings is 2. The van der Waals surface area contributed by atoms with Crippen LogP contribution in [0.25, 0.3) is 0 Å². The van der Waals surface area contributed by atoms with E-state index in [1.165, 1.54) is 24.3 Å². The van der Waals surface area contributed by atoms with E-state index >= 15 is 0 Å². The first-order valence-corrected chi connectivity index (χ1v) is 12.1. The minimum Gasteiger partial charge on any atom is -0.491 e. The van der Waals surface area contributed by atoms with Gasteiger partial charge in [0, 0.05) is 12.1 Å². The maximum atomic E-state index is 11.4. The van der Waals surface area contributed by atoms with Crippen LogP contribution in [0.3, 0.4) is 0 Å². The van der Waals surface area contributed by atoms with Gasteiger partial charge in [0.1, 0.15) is 49.4 Å². The predicted octanol–water partition coefficient (Wildman–Crippen LogP) is 2.38. The van der Waals surface area contributed by atoms with Crippen LogP contribution in [0.4, 0.5) is 0 Å². The van der Waals surface area contributed by atoms with Gasteiger partial charge < -0.3 is 48.1 Å². The van der Waals surface area contributed by atoms with Crippen molar-refractivity contribution in [3.05, 3.63) is 47.5 Å². The van der Waals surface area contributed by atoms with Gasteiger partial charge in [-0.15, -0.1) is 0 Å². The third-order valence-corrected chi connectivity index (χ3v) is 4.98. The van der Waals surface area contributed by atoms with Gasteiger partial charge in [-0.1, -0.05) is 0 Å². The molecular weight excluding hydrogens is 504 g/mol. The third kappa shape index (κ3) is 10.8. The normalized spacial score (nSPS) is 17.1. The van der Waals surface area contributed by atoms with Crippen LogP contribution in [-0.2, 0) is 18.9 Å². The minimum atomic E-state index is -1.09. The Balaban J connectivity index is 1.53. The highest BCUT2D eigenvalue weighted by Crippen LogP contribution is 2.24. The van der Waals surface area contributed by atoms with Gasteiger partial charge in [-0.25, -0.2) is 9.59 Å². The van der Waals surface area contributed by atoms with Crippen molar-refractivity contribution in [3.8, 4) is 23.0 Å². The molecule has 0 unspecified atom stereocenters. The molecule has 0 radical (unpaired) electrons. The van der Waals surface area contributed by atoms with Crippen LogP contribution in [0.1, 0.15) is 20.7 Å². The molecule has 2 N–H and O–H groups in total. The average molecular weight is 537 g/mol. The summed E-state index contributed by atoms with van der Waals surface area (Å²) >= 11 is 0. The van der Waals surface area contributed by atoms with E-state index in [0.717, 1.165) is 0 Å². The molecule has 4 bridgehead atoms. The van der Waals surface area contributed by atoms with E-state index in [0.29, 0.717) is 49.4 Å². The van der Waals surface area contributed by atoms with Crippen molar-refractivity contribution in [2.75, 3.05) is 79.3 Å². The summed E-state index contributed by atoms with van der Waals surface area (Å²) in [6.07, 6.45) is 0. The largest absolute Gasteiger partial charge is 0.491 e. The van der Waals surface area contributed by atoms with E-state index < -0.39 is 11.9 Å². The highest BCUT2D eigenvalue weighted by atomic mass is 16.6. The summed E-state index contributed by atoms with van der Waals surface area (Å²) in [5, 5.41) is 18.7. The quantitative estimate of drug-likeness (QED) is 0.580. The lowest BCUT2D eigenvalue weighted by Gasteiger charge is -2.13. The molecule has 2 aromatic carbocycles. The number of carboxylic acids is 2. The number of carbonyl (C=O) groups is 2. The Morgan fingerprint density at radius 2 is 0.658 bits per heavy atom. The van der Waals surface area contributed by atoms with Crippen LogP contribution in [0.5, 0.6) is 23.0 Å². The van der Waals surface area contributed by atoms with Gasteiger partial charge in [-0.3, -0.25) is 0 Å². The number of hydrogen-bond donors (Lipinski definition) is 2. The zero-order chi connectivity index (χ0) is 27.0. The lowest BCUT2D eigenvalue weighted by Crippen LogP contribution is -2.15. The van der Waals surface area contributed by atoms with Crippen molar-refractivity contribution in [1.82, 2.24) is 0 Å². The summed E-state index contributed by atoms with van der Waals surface area (Å²) in [7, 11) is 0. The van der Waals surface area contributed by atoms with Crippen molar-refractivity contribution in [2.24, 2.45) is 0 Å². The lowest BCUT2D eigenvalue weighted by molar-refractivity contribution is 0.0260. The predicted molar refractivity (Wildman–Crippen MR) is 132 cm³/mol. The van der Waals surface area contributed by atoms with Crippen LogP contribution >= 0.6 is 0 Å². The topological polar surface area (TPSA) is 148 Å². The first kappa shape index (κ1) is 29.0. The monoisotopic (exact) mass is 536 g/mol. The Bertz CT molecular complexity index is 883. The highest BCUT2D eigenvalue weighted by molar-refractivity contribution is 5.89. The maximum absolute atomic E-state index is 11.4. The van der Waals surface area contributed by atoms with Gasteiger partial charge in [-0.05, 0) is 24.3 Å². The molecule has 0 saturated heterocycles. The Kier molecular flexibility index (Phi) is 12.4. The Morgan fingerprint density at radius 3 is 0.895 bits per heavy atom. The van der Waals surface area contributed by atoms with Gasteiger partial charge in [0.25, 0.3) is 0 Å². The summed E-state index contributed by atoms with van der Waals surface area (Å²) < 4.78 is 44.4. The molecule has 0 saturated carbocycles. The lowest BCUT2D eigenvalue weighted by atomic mass is 10.2. The van der Waals surface area contributed by atoms with E-state index in [1.807, 2.05) is 0 Å². The second-order valence-electron chi connectivity index (χ2n) is 7.84. The zero-order valence-corrected chi connectivity index (χ0v) is 20.9. The van der Waals surface area contributed by atoms with E-state index in [4.69, 9.17) is 37.9 Å². The summed E-state index contributed by atoms with van der Waals surface area (Å²) in [6, 6.07) is 8.88. The summed E-state index contributed by atoms with van der Waals surface area (Å²) in [4.78, 5) is 22.9. The molecule has 12 heteroatoms. The van der Waals surface area contributed by atoms with Gasteiger partial charge in [0.05, 0.1) is 64.0 Å². The molecule has 3 rings (SSSR count). The molecule has 0 aliphatic carbocycles. The first-order valence-electron chi connectivity index (χ1n) is 12.1. The molecule has 12 nitrogen and oxygen atoms in total. The summed E-state index contributed by atoms with van der Waals surface area (Å²) in [5.41, 5.74) is 0.0909. The van der Waals surface area contributed by atoms with Crippen molar-refractivity contribution >= 4 is 11.9 Å². The fraction of sp³-hybridized carbons (Fsp3) is 0.462. The van der Waals surface area contributed by atoms with Gasteiger partial charge >= 0.3 is 11.9 Å². The molecule has 0 spiro atoms. The summed E-state index contributed by atoms with van der Waals surface area (Å²) in [6.45, 7) is 3.20. The molecule has 0 amide bonds. The number of hydrogen-bond acceptors (Lipinski definition) is 10. The van der Waals surface area contributed by atoms with Crippen molar-refractivity contribution in [3.63, 3.8) is 0 Å². The molecule has 38 heavy (non-hydrogen) atoms. The number of aromatic carboxylic acids is 2. The molecule has 1 aliphatic rings. The van der Waals surface area contributed by atoms with Crippen molar-refractivity contribution in [1.29, 1.82) is 0 Å². The van der Waals surface area contributed by atoms with Crippen LogP contribution < -0.4 is 18.9 Å². The first-order chi connectivity index (χ1) is 18.5. The van der Waals surface area contributed by atoms with Crippen LogP contribution in [0.2, 0.25) is 0 Å². The Labute approximate surface area is 219 Å². The standard InChI is InChI=1S/C26H32O12/c27-25(28)19-13-21-17-23(15-19)37-11-7-33-3-4-34-8-12-38-24-16-20(26(29)30)14-22(18-24)36-10-6-32-2-1-31-5-9-35-21/h13-18H,1-12H2,(H,27,28)(H,29,30). The summed E-state index contributed by atoms with van der Waals surface area (Å²) in [5.74, 6) is -0.779. The van der Waals surface area contributed by atoms with Gasteiger partial charge in [0.15, 0.2) is 0 Å². The highest BCUT2D eigenvalue weighted by Gasteiger charge is 2.11. The molecule has 1 aliphatic heterocycles. The molecule has 0 atom stereocenters. The molecule has 208 valence electrons. The molecule has 2 aromatic rings. The van der Waals surface area contributed by atoms with E-state index in [1.54, 1.807) is 12.1 Å². The van der Waals surface area contributed by atoms with Gasteiger partial charge in [-0.2, -0.15) is 0 Å². The Morgan fingerprint density at radius 1 is 0.421 bits per heavy atom. The zero-order valence-electron chi connectivity index (χ0n) is 20.9. The number of ether oxygens (including phenoxy) is 8. The van der Waals surface area contributed by atoms with Crippen LogP contribution in [0, 0.1) is 0 Å². The number of carboxylic acid groups (broad SMARTS) is 2. The minimum absolute atomic E-state index is 0.0454. The fourth-order valence-electron chi connectivity index (χ4n) is 3.24. The van der Waals surface area contributed by atoms with Crippen molar-refractivity contribution in [2.45, 2.75) is 0 Å². The molecule has 1 heterocycles. The Hall–Kier alpha value is -3.58. The fourth-order valence-corrected chi connectivity index (χ4v) is 3.24. The second kappa shape index (κ2) is 16.3. The number of rotatable bonds is 2. The molecular formula is C26H32O12. The smallest absolute Gasteiger partial charge is 0.335 e. The van der Waals surface area contributed by atoms with Crippen LogP contribution in [-0.4, -0.2) is 101 Å². The average Bonchev–Trinajstić information content (AvgIpc) is 2.90. The van der Waals surface area contributed by atoms with Crippen molar-refractivity contribution < 1.29 is 57.7 Å². The SMILES string of the molecule is O=C(O)c1cc2cc(c1)OCCOCCOCCOc1cc(cc(C(=O)O)c1)OCCOCCOCCO2.